The number of carbonyl (C=O) groups excluding carboxylic acids is 1. The molecule has 3 N–H and O–H groups in total. The van der Waals surface area contributed by atoms with E-state index in [0.717, 1.165) is 50.8 Å². The molecule has 0 unspecified atom stereocenters. The zero-order valence-corrected chi connectivity index (χ0v) is 26.8. The zero-order valence-electron chi connectivity index (χ0n) is 26.0. The van der Waals surface area contributed by atoms with Crippen LogP contribution in [0.4, 0.5) is 5.95 Å². The summed E-state index contributed by atoms with van der Waals surface area (Å²) in [5, 5.41) is 11.5. The molecule has 4 rings (SSSR count). The number of hydrogen-bond acceptors (Lipinski definition) is 5. The number of anilines is 1. The molecule has 0 saturated heterocycles. The standard InChI is InChI=1S/C34H47N7O.ClH/c1-4-5-7-10-27-13-19-30(20-14-27)33(42)36-21-22-40-25-31(38-39-40)11-8-6-9-12-32-23-37-34(35)41(32)24-28-15-17-29(18-16-28)26(2)3;/h13-20,23,25-26H,4-12,21-22,24H2,1-3H3,(H2,35,37)(H,36,42);1H. The van der Waals surface area contributed by atoms with Crippen molar-refractivity contribution in [2.45, 2.75) is 97.6 Å². The van der Waals surface area contributed by atoms with E-state index in [9.17, 15) is 4.79 Å². The number of nitrogens with one attached hydrogen (secondary N) is 1. The number of rotatable bonds is 17. The van der Waals surface area contributed by atoms with Crippen LogP contribution in [0, 0.1) is 0 Å². The Morgan fingerprint density at radius 1 is 0.907 bits per heavy atom. The molecule has 8 nitrogen and oxygen atoms in total. The summed E-state index contributed by atoms with van der Waals surface area (Å²) in [5.41, 5.74) is 12.9. The fourth-order valence-electron chi connectivity index (χ4n) is 5.14. The average Bonchev–Trinajstić information content (AvgIpc) is 3.59. The molecule has 0 aliphatic carbocycles. The molecule has 43 heavy (non-hydrogen) atoms. The molecule has 0 spiro atoms. The summed E-state index contributed by atoms with van der Waals surface area (Å²) in [7, 11) is 0. The molecule has 2 heterocycles. The summed E-state index contributed by atoms with van der Waals surface area (Å²) < 4.78 is 3.93. The number of amides is 1. The summed E-state index contributed by atoms with van der Waals surface area (Å²) >= 11 is 0. The van der Waals surface area contributed by atoms with E-state index in [1.54, 1.807) is 0 Å². The second kappa shape index (κ2) is 17.5. The molecule has 4 aromatic rings. The molecule has 0 saturated carbocycles. The van der Waals surface area contributed by atoms with Gasteiger partial charge in [-0.2, -0.15) is 0 Å². The van der Waals surface area contributed by atoms with Gasteiger partial charge in [0.1, 0.15) is 0 Å². The molecule has 0 radical (unpaired) electrons. The molecule has 0 aliphatic heterocycles. The first-order valence-electron chi connectivity index (χ1n) is 15.6. The third-order valence-corrected chi connectivity index (χ3v) is 7.82. The van der Waals surface area contributed by atoms with Crippen molar-refractivity contribution in [1.82, 2.24) is 29.9 Å². The Morgan fingerprint density at radius 3 is 2.33 bits per heavy atom. The molecule has 2 aromatic carbocycles. The van der Waals surface area contributed by atoms with Crippen LogP contribution in [0.1, 0.15) is 104 Å². The number of aryl methyl sites for hydroxylation is 3. The Labute approximate surface area is 262 Å². The highest BCUT2D eigenvalue weighted by Crippen LogP contribution is 2.18. The normalized spacial score (nSPS) is 11.1. The molecule has 232 valence electrons. The minimum Gasteiger partial charge on any atom is -0.369 e. The van der Waals surface area contributed by atoms with Crippen LogP contribution in [0.25, 0.3) is 0 Å². The maximum absolute atomic E-state index is 12.5. The topological polar surface area (TPSA) is 104 Å². The lowest BCUT2D eigenvalue weighted by atomic mass is 10.0. The van der Waals surface area contributed by atoms with Gasteiger partial charge in [-0.15, -0.1) is 17.5 Å². The lowest BCUT2D eigenvalue weighted by Gasteiger charge is -2.11. The quantitative estimate of drug-likeness (QED) is 0.129. The fraction of sp³-hybridized carbons (Fsp3) is 0.471. The van der Waals surface area contributed by atoms with E-state index in [2.05, 4.69) is 82.3 Å². The van der Waals surface area contributed by atoms with Crippen molar-refractivity contribution in [1.29, 1.82) is 0 Å². The van der Waals surface area contributed by atoms with Crippen LogP contribution in [0.3, 0.4) is 0 Å². The van der Waals surface area contributed by atoms with E-state index in [0.29, 0.717) is 30.5 Å². The highest BCUT2D eigenvalue weighted by atomic mass is 35.5. The lowest BCUT2D eigenvalue weighted by Crippen LogP contribution is -2.27. The maximum Gasteiger partial charge on any atom is 0.251 e. The van der Waals surface area contributed by atoms with Crippen molar-refractivity contribution in [2.75, 3.05) is 12.3 Å². The van der Waals surface area contributed by atoms with Gasteiger partial charge in [0, 0.05) is 24.0 Å². The van der Waals surface area contributed by atoms with Crippen molar-refractivity contribution in [3.63, 3.8) is 0 Å². The second-order valence-corrected chi connectivity index (χ2v) is 11.5. The summed E-state index contributed by atoms with van der Waals surface area (Å²) in [6, 6.07) is 16.7. The van der Waals surface area contributed by atoms with Gasteiger partial charge in [0.15, 0.2) is 0 Å². The summed E-state index contributed by atoms with van der Waals surface area (Å²) in [4.78, 5) is 16.9. The van der Waals surface area contributed by atoms with Gasteiger partial charge in [-0.3, -0.25) is 9.48 Å². The average molecular weight is 606 g/mol. The Kier molecular flexibility index (Phi) is 13.7. The van der Waals surface area contributed by atoms with E-state index in [4.69, 9.17) is 5.73 Å². The van der Waals surface area contributed by atoms with Crippen LogP contribution in [-0.4, -0.2) is 37.0 Å². The second-order valence-electron chi connectivity index (χ2n) is 11.5. The van der Waals surface area contributed by atoms with Gasteiger partial charge in [-0.05, 0) is 73.3 Å². The third kappa shape index (κ3) is 10.5. The lowest BCUT2D eigenvalue weighted by molar-refractivity contribution is 0.0952. The maximum atomic E-state index is 12.5. The van der Waals surface area contributed by atoms with Crippen LogP contribution >= 0.6 is 12.4 Å². The number of nitrogens with two attached hydrogens (primary N) is 1. The third-order valence-electron chi connectivity index (χ3n) is 7.82. The molecular weight excluding hydrogens is 558 g/mol. The first kappa shape index (κ1) is 33.8. The van der Waals surface area contributed by atoms with Gasteiger partial charge in [0.25, 0.3) is 5.91 Å². The Morgan fingerprint density at radius 2 is 1.60 bits per heavy atom. The largest absolute Gasteiger partial charge is 0.369 e. The van der Waals surface area contributed by atoms with E-state index in [1.165, 1.54) is 41.6 Å². The monoisotopic (exact) mass is 605 g/mol. The fourth-order valence-corrected chi connectivity index (χ4v) is 5.14. The number of unbranched alkanes of at least 4 members (excludes halogenated alkanes) is 4. The van der Waals surface area contributed by atoms with Gasteiger partial charge in [0.2, 0.25) is 5.95 Å². The first-order valence-corrected chi connectivity index (χ1v) is 15.6. The van der Waals surface area contributed by atoms with Crippen molar-refractivity contribution >= 4 is 24.3 Å². The molecule has 2 aromatic heterocycles. The van der Waals surface area contributed by atoms with Gasteiger partial charge < -0.3 is 15.6 Å². The molecule has 1 amide bonds. The summed E-state index contributed by atoms with van der Waals surface area (Å²) in [6.45, 7) is 8.48. The van der Waals surface area contributed by atoms with Crippen LogP contribution in [0.2, 0.25) is 0 Å². The Bertz CT molecular complexity index is 1380. The van der Waals surface area contributed by atoms with E-state index in [1.807, 2.05) is 29.2 Å². The van der Waals surface area contributed by atoms with Crippen molar-refractivity contribution < 1.29 is 4.79 Å². The zero-order chi connectivity index (χ0) is 29.7. The number of nitrogen functional groups attached to an aromatic ring is 1. The van der Waals surface area contributed by atoms with Crippen molar-refractivity contribution in [3.05, 3.63) is 94.6 Å². The van der Waals surface area contributed by atoms with Crippen molar-refractivity contribution in [2.24, 2.45) is 0 Å². The van der Waals surface area contributed by atoms with E-state index < -0.39 is 0 Å². The SMILES string of the molecule is CCCCCc1ccc(C(=O)NCCn2cc(CCCCCc3cnc(N)n3Cc3ccc(C(C)C)cc3)nn2)cc1.Cl. The Balaban J connectivity index is 0.00000506. The van der Waals surface area contributed by atoms with Crippen LogP contribution in [0.15, 0.2) is 60.9 Å². The summed E-state index contributed by atoms with van der Waals surface area (Å²) in [5.74, 6) is 1.04. The first-order chi connectivity index (χ1) is 20.4. The van der Waals surface area contributed by atoms with Crippen molar-refractivity contribution in [3.8, 4) is 0 Å². The van der Waals surface area contributed by atoms with Crippen LogP contribution < -0.4 is 11.1 Å². The highest BCUT2D eigenvalue weighted by Gasteiger charge is 2.10. The van der Waals surface area contributed by atoms with Gasteiger partial charge >= 0.3 is 0 Å². The predicted octanol–water partition coefficient (Wildman–Crippen LogP) is 6.77. The number of benzene rings is 2. The minimum atomic E-state index is -0.0532. The number of carbonyl (C=O) groups is 1. The minimum absolute atomic E-state index is 0. The molecule has 0 fully saturated rings. The smallest absolute Gasteiger partial charge is 0.251 e. The van der Waals surface area contributed by atoms with E-state index in [-0.39, 0.29) is 18.3 Å². The van der Waals surface area contributed by atoms with Crippen LogP contribution in [-0.2, 0) is 32.4 Å². The van der Waals surface area contributed by atoms with Gasteiger partial charge in [-0.25, -0.2) is 4.98 Å². The molecule has 0 atom stereocenters. The summed E-state index contributed by atoms with van der Waals surface area (Å²) in [6.07, 6.45) is 13.7. The number of hydrogen-bond donors (Lipinski definition) is 2. The number of aromatic nitrogens is 5. The Hall–Kier alpha value is -3.65. The molecule has 0 bridgehead atoms. The highest BCUT2D eigenvalue weighted by molar-refractivity contribution is 5.94. The van der Waals surface area contributed by atoms with Gasteiger partial charge in [-0.1, -0.05) is 81.6 Å². The molecule has 9 heteroatoms. The van der Waals surface area contributed by atoms with Gasteiger partial charge in [0.05, 0.1) is 25.0 Å². The predicted molar refractivity (Wildman–Crippen MR) is 177 cm³/mol. The van der Waals surface area contributed by atoms with E-state index >= 15 is 0 Å². The molecule has 0 aliphatic rings. The number of halogens is 1. The molecular formula is C34H48ClN7O. The number of nitrogens with zero attached hydrogens (tertiary/aromatic N) is 5. The van der Waals surface area contributed by atoms with Crippen LogP contribution in [0.5, 0.6) is 0 Å². The number of imidazole rings is 1.